The van der Waals surface area contributed by atoms with Crippen LogP contribution in [0.25, 0.3) is 0 Å². The van der Waals surface area contributed by atoms with Crippen molar-refractivity contribution in [1.29, 1.82) is 0 Å². The Kier molecular flexibility index (Phi) is 8.49. The average Bonchev–Trinajstić information content (AvgIpc) is 3.36. The maximum Gasteiger partial charge on any atom is 0.191 e. The van der Waals surface area contributed by atoms with Gasteiger partial charge in [0.2, 0.25) is 0 Å². The van der Waals surface area contributed by atoms with Gasteiger partial charge in [-0.2, -0.15) is 5.10 Å². The molecule has 0 saturated heterocycles. The topological polar surface area (TPSA) is 79.6 Å². The van der Waals surface area contributed by atoms with Crippen LogP contribution in [0, 0.1) is 0 Å². The Morgan fingerprint density at radius 3 is 3.10 bits per heavy atom. The summed E-state index contributed by atoms with van der Waals surface area (Å²) in [6.07, 6.45) is 3.10. The first kappa shape index (κ1) is 23.4. The van der Waals surface area contributed by atoms with Crippen molar-refractivity contribution >= 4 is 41.3 Å². The number of halogens is 1. The highest BCUT2D eigenvalue weighted by atomic mass is 127. The van der Waals surface area contributed by atoms with Crippen molar-refractivity contribution in [2.75, 3.05) is 27.2 Å². The number of ether oxygens (including phenoxy) is 1. The number of thiophene rings is 1. The summed E-state index contributed by atoms with van der Waals surface area (Å²) in [4.78, 5) is 13.1. The van der Waals surface area contributed by atoms with Crippen LogP contribution < -0.4 is 10.6 Å². The Morgan fingerprint density at radius 1 is 1.43 bits per heavy atom. The fourth-order valence-electron chi connectivity index (χ4n) is 4.08. The minimum absolute atomic E-state index is 0. The first-order valence-corrected chi connectivity index (χ1v) is 11.2. The fourth-order valence-corrected chi connectivity index (χ4v) is 4.97. The van der Waals surface area contributed by atoms with Crippen molar-refractivity contribution in [3.63, 3.8) is 0 Å². The van der Waals surface area contributed by atoms with E-state index in [1.54, 1.807) is 12.0 Å². The highest BCUT2D eigenvalue weighted by molar-refractivity contribution is 14.0. The van der Waals surface area contributed by atoms with Crippen LogP contribution in [0.1, 0.15) is 35.4 Å². The van der Waals surface area contributed by atoms with E-state index in [0.29, 0.717) is 18.7 Å². The van der Waals surface area contributed by atoms with Gasteiger partial charge in [-0.25, -0.2) is 9.67 Å². The monoisotopic (exact) mass is 545 g/mol. The molecule has 0 saturated carbocycles. The third-order valence-electron chi connectivity index (χ3n) is 5.77. The third-order valence-corrected chi connectivity index (χ3v) is 6.79. The van der Waals surface area contributed by atoms with Gasteiger partial charge in [0.15, 0.2) is 11.8 Å². The second-order valence-electron chi connectivity index (χ2n) is 7.83. The normalized spacial score (nSPS) is 20.1. The molecule has 2 unspecified atom stereocenters. The molecule has 0 aromatic carbocycles. The van der Waals surface area contributed by atoms with Crippen LogP contribution in [-0.2, 0) is 37.3 Å². The number of rotatable bonds is 6. The van der Waals surface area contributed by atoms with Gasteiger partial charge in [0.1, 0.15) is 12.4 Å². The Hall–Kier alpha value is -1.24. The van der Waals surface area contributed by atoms with Crippen molar-refractivity contribution in [3.05, 3.63) is 33.5 Å². The number of aromatic nitrogens is 3. The lowest BCUT2D eigenvalue weighted by Gasteiger charge is -2.33. The number of methoxy groups -OCH3 is 1. The Bertz CT molecular complexity index is 852. The molecule has 0 spiro atoms. The lowest BCUT2D eigenvalue weighted by atomic mass is 10.1. The van der Waals surface area contributed by atoms with E-state index < -0.39 is 0 Å². The van der Waals surface area contributed by atoms with E-state index in [9.17, 15) is 0 Å². The quantitative estimate of drug-likeness (QED) is 0.329. The maximum absolute atomic E-state index is 5.15. The molecule has 0 radical (unpaired) electrons. The minimum Gasteiger partial charge on any atom is -0.377 e. The molecule has 0 bridgehead atoms. The molecule has 166 valence electrons. The van der Waals surface area contributed by atoms with Gasteiger partial charge in [0.25, 0.3) is 0 Å². The van der Waals surface area contributed by atoms with Gasteiger partial charge in [0, 0.05) is 57.2 Å². The standard InChI is InChI=1S/C20H31N7OS.HI/c1-14(26-8-6-17-15(11-26)7-9-29-17)10-22-20(21-2)23-16-4-5-19-24-18(13-28-3)25-27(19)12-16;/h7,9,14,16H,4-6,8,10-13H2,1-3H3,(H2,21,22,23);1H. The predicted octanol–water partition coefficient (Wildman–Crippen LogP) is 2.03. The van der Waals surface area contributed by atoms with Gasteiger partial charge in [-0.15, -0.1) is 35.3 Å². The van der Waals surface area contributed by atoms with Crippen molar-refractivity contribution in [2.24, 2.45) is 4.99 Å². The summed E-state index contributed by atoms with van der Waals surface area (Å²) < 4.78 is 7.14. The van der Waals surface area contributed by atoms with Crippen LogP contribution in [0.2, 0.25) is 0 Å². The number of hydrogen-bond acceptors (Lipinski definition) is 6. The molecule has 4 rings (SSSR count). The lowest BCUT2D eigenvalue weighted by molar-refractivity contribution is 0.177. The number of fused-ring (bicyclic) bond motifs is 2. The summed E-state index contributed by atoms with van der Waals surface area (Å²) in [5.74, 6) is 2.66. The van der Waals surface area contributed by atoms with Gasteiger partial charge in [-0.3, -0.25) is 9.89 Å². The van der Waals surface area contributed by atoms with Crippen LogP contribution in [-0.4, -0.2) is 65.0 Å². The first-order chi connectivity index (χ1) is 14.2. The summed E-state index contributed by atoms with van der Waals surface area (Å²) in [6.45, 7) is 6.60. The van der Waals surface area contributed by atoms with Crippen LogP contribution in [0.5, 0.6) is 0 Å². The second-order valence-corrected chi connectivity index (χ2v) is 8.83. The molecule has 10 heteroatoms. The number of aryl methyl sites for hydroxylation is 1. The van der Waals surface area contributed by atoms with E-state index in [1.165, 1.54) is 5.56 Å². The van der Waals surface area contributed by atoms with E-state index in [-0.39, 0.29) is 24.0 Å². The van der Waals surface area contributed by atoms with Gasteiger partial charge in [0.05, 0.1) is 6.54 Å². The van der Waals surface area contributed by atoms with Gasteiger partial charge in [-0.1, -0.05) is 0 Å². The molecule has 2 aromatic heterocycles. The molecule has 0 fully saturated rings. The molecule has 2 aliphatic heterocycles. The number of aliphatic imine (C=N–C) groups is 1. The van der Waals surface area contributed by atoms with Crippen molar-refractivity contribution in [1.82, 2.24) is 30.3 Å². The Morgan fingerprint density at radius 2 is 2.30 bits per heavy atom. The van der Waals surface area contributed by atoms with Crippen molar-refractivity contribution in [3.8, 4) is 0 Å². The Labute approximate surface area is 199 Å². The number of nitrogens with one attached hydrogen (secondary N) is 2. The summed E-state index contributed by atoms with van der Waals surface area (Å²) in [7, 11) is 3.50. The minimum atomic E-state index is 0. The Balaban J connectivity index is 0.00000256. The molecule has 0 aliphatic carbocycles. The summed E-state index contributed by atoms with van der Waals surface area (Å²) in [5, 5.41) is 13.8. The fraction of sp³-hybridized carbons (Fsp3) is 0.650. The number of nitrogens with zero attached hydrogens (tertiary/aromatic N) is 5. The van der Waals surface area contributed by atoms with E-state index in [4.69, 9.17) is 4.74 Å². The van der Waals surface area contributed by atoms with Crippen LogP contribution in [0.4, 0.5) is 0 Å². The average molecular weight is 545 g/mol. The molecule has 8 nitrogen and oxygen atoms in total. The predicted molar refractivity (Wildman–Crippen MR) is 131 cm³/mol. The third kappa shape index (κ3) is 5.51. The zero-order valence-corrected chi connectivity index (χ0v) is 21.1. The smallest absolute Gasteiger partial charge is 0.191 e. The van der Waals surface area contributed by atoms with E-state index in [2.05, 4.69) is 49.0 Å². The molecule has 2 aliphatic rings. The van der Waals surface area contributed by atoms with E-state index in [0.717, 1.165) is 63.0 Å². The summed E-state index contributed by atoms with van der Waals surface area (Å²) >= 11 is 1.89. The molecule has 2 aromatic rings. The highest BCUT2D eigenvalue weighted by Crippen LogP contribution is 2.25. The van der Waals surface area contributed by atoms with Crippen LogP contribution in [0.15, 0.2) is 16.4 Å². The molecular weight excluding hydrogens is 513 g/mol. The van der Waals surface area contributed by atoms with Crippen LogP contribution in [0.3, 0.4) is 0 Å². The molecular formula is C20H32IN7OS. The molecule has 0 amide bonds. The van der Waals surface area contributed by atoms with Crippen LogP contribution >= 0.6 is 35.3 Å². The van der Waals surface area contributed by atoms with Crippen molar-refractivity contribution in [2.45, 2.75) is 58.0 Å². The molecule has 2 N–H and O–H groups in total. The van der Waals surface area contributed by atoms with Crippen molar-refractivity contribution < 1.29 is 4.74 Å². The molecule has 4 heterocycles. The first-order valence-electron chi connectivity index (χ1n) is 10.3. The van der Waals surface area contributed by atoms with Gasteiger partial charge < -0.3 is 15.4 Å². The molecule has 30 heavy (non-hydrogen) atoms. The zero-order valence-electron chi connectivity index (χ0n) is 17.9. The lowest BCUT2D eigenvalue weighted by Crippen LogP contribution is -2.50. The largest absolute Gasteiger partial charge is 0.377 e. The summed E-state index contributed by atoms with van der Waals surface area (Å²) in [6, 6.07) is 3.02. The van der Waals surface area contributed by atoms with E-state index in [1.807, 2.05) is 23.1 Å². The SMILES string of the molecule is CN=C(NCC(C)N1CCc2sccc2C1)NC1CCc2nc(COC)nn2C1.I. The number of guanidine groups is 1. The highest BCUT2D eigenvalue weighted by Gasteiger charge is 2.24. The second kappa shape index (κ2) is 10.9. The number of hydrogen-bond donors (Lipinski definition) is 2. The van der Waals surface area contributed by atoms with Gasteiger partial charge in [-0.05, 0) is 36.8 Å². The zero-order chi connectivity index (χ0) is 20.2. The van der Waals surface area contributed by atoms with Gasteiger partial charge >= 0.3 is 0 Å². The van der Waals surface area contributed by atoms with E-state index >= 15 is 0 Å². The molecule has 2 atom stereocenters. The summed E-state index contributed by atoms with van der Waals surface area (Å²) in [5.41, 5.74) is 1.49. The maximum atomic E-state index is 5.15.